The molecule has 26 heavy (non-hydrogen) atoms. The van der Waals surface area contributed by atoms with Crippen molar-refractivity contribution in [2.24, 2.45) is 0 Å². The van der Waals surface area contributed by atoms with Crippen molar-refractivity contribution in [2.45, 2.75) is 0 Å². The summed E-state index contributed by atoms with van der Waals surface area (Å²) in [6.07, 6.45) is 4.25. The second kappa shape index (κ2) is 8.63. The average Bonchev–Trinajstić information content (AvgIpc) is 2.69. The van der Waals surface area contributed by atoms with Gasteiger partial charge in [0.2, 0.25) is 0 Å². The molecule has 0 N–H and O–H groups in total. The number of nitrogens with zero attached hydrogens (tertiary/aromatic N) is 2. The van der Waals surface area contributed by atoms with E-state index in [1.54, 1.807) is 11.0 Å². The van der Waals surface area contributed by atoms with Gasteiger partial charge in [-0.2, -0.15) is 0 Å². The zero-order chi connectivity index (χ0) is 18.4. The van der Waals surface area contributed by atoms with Gasteiger partial charge >= 0.3 is 0 Å². The first-order chi connectivity index (χ1) is 12.7. The lowest BCUT2D eigenvalue weighted by atomic mass is 10.1. The summed E-state index contributed by atoms with van der Waals surface area (Å²) >= 11 is 0. The Morgan fingerprint density at radius 3 is 2.50 bits per heavy atom. The zero-order valence-corrected chi connectivity index (χ0v) is 14.9. The summed E-state index contributed by atoms with van der Waals surface area (Å²) in [6.45, 7) is 3.76. The lowest BCUT2D eigenvalue weighted by molar-refractivity contribution is 0.0650. The second-order valence-electron chi connectivity index (χ2n) is 6.26. The number of ether oxygens (including phenoxy) is 1. The quantitative estimate of drug-likeness (QED) is 0.826. The van der Waals surface area contributed by atoms with E-state index in [0.717, 1.165) is 19.6 Å². The minimum Gasteiger partial charge on any atom is -0.494 e. The number of amides is 1. The number of rotatable bonds is 5. The van der Waals surface area contributed by atoms with Crippen LogP contribution in [0.1, 0.15) is 15.9 Å². The number of methoxy groups -OCH3 is 1. The lowest BCUT2D eigenvalue weighted by Gasteiger charge is -2.34. The molecule has 0 unspecified atom stereocenters. The highest BCUT2D eigenvalue weighted by molar-refractivity contribution is 5.94. The largest absolute Gasteiger partial charge is 0.494 e. The first-order valence-corrected chi connectivity index (χ1v) is 8.74. The highest BCUT2D eigenvalue weighted by atomic mass is 19.1. The molecule has 0 saturated carbocycles. The van der Waals surface area contributed by atoms with Gasteiger partial charge in [0.25, 0.3) is 5.91 Å². The van der Waals surface area contributed by atoms with Crippen LogP contribution in [-0.4, -0.2) is 55.5 Å². The third-order valence-electron chi connectivity index (χ3n) is 4.53. The van der Waals surface area contributed by atoms with Crippen molar-refractivity contribution in [1.29, 1.82) is 0 Å². The molecule has 3 rings (SSSR count). The molecule has 0 spiro atoms. The van der Waals surface area contributed by atoms with Crippen molar-refractivity contribution in [1.82, 2.24) is 9.80 Å². The highest BCUT2D eigenvalue weighted by Crippen LogP contribution is 2.19. The first kappa shape index (κ1) is 18.1. The molecule has 1 fully saturated rings. The molecule has 0 radical (unpaired) electrons. The maximum Gasteiger partial charge on any atom is 0.254 e. The van der Waals surface area contributed by atoms with Crippen LogP contribution in [0.5, 0.6) is 5.75 Å². The predicted molar refractivity (Wildman–Crippen MR) is 101 cm³/mol. The number of halogens is 1. The Balaban J connectivity index is 1.51. The third kappa shape index (κ3) is 4.49. The van der Waals surface area contributed by atoms with Crippen LogP contribution >= 0.6 is 0 Å². The maximum absolute atomic E-state index is 13.8. The van der Waals surface area contributed by atoms with E-state index in [9.17, 15) is 9.18 Å². The molecule has 1 aliphatic rings. The minimum absolute atomic E-state index is 0.133. The molecule has 1 aliphatic heterocycles. The van der Waals surface area contributed by atoms with E-state index in [1.807, 2.05) is 18.2 Å². The van der Waals surface area contributed by atoms with Crippen molar-refractivity contribution in [3.8, 4) is 5.75 Å². The van der Waals surface area contributed by atoms with Crippen molar-refractivity contribution < 1.29 is 13.9 Å². The van der Waals surface area contributed by atoms with Crippen LogP contribution in [0.3, 0.4) is 0 Å². The Bertz CT molecular complexity index is 769. The number of carbonyl (C=O) groups is 1. The van der Waals surface area contributed by atoms with E-state index >= 15 is 0 Å². The molecule has 0 aliphatic carbocycles. The van der Waals surface area contributed by atoms with Crippen LogP contribution in [0.2, 0.25) is 0 Å². The molecular weight excluding hydrogens is 331 g/mol. The highest BCUT2D eigenvalue weighted by Gasteiger charge is 2.22. The summed E-state index contributed by atoms with van der Waals surface area (Å²) in [7, 11) is 1.41. The molecule has 1 amide bonds. The fourth-order valence-corrected chi connectivity index (χ4v) is 3.02. The Kier molecular flexibility index (Phi) is 6.02. The standard InChI is InChI=1S/C21H23FN2O2/c1-26-20-10-9-18(16-19(20)22)21(25)24-14-12-23(13-15-24)11-5-8-17-6-3-2-4-7-17/h2-10,16H,11-15H2,1H3/b8-5+. The minimum atomic E-state index is -0.511. The van der Waals surface area contributed by atoms with E-state index in [0.29, 0.717) is 18.7 Å². The van der Waals surface area contributed by atoms with Gasteiger partial charge < -0.3 is 9.64 Å². The number of carbonyl (C=O) groups excluding carboxylic acids is 1. The molecule has 4 nitrogen and oxygen atoms in total. The van der Waals surface area contributed by atoms with Gasteiger partial charge in [-0.1, -0.05) is 42.5 Å². The van der Waals surface area contributed by atoms with Gasteiger partial charge in [-0.25, -0.2) is 4.39 Å². The third-order valence-corrected chi connectivity index (χ3v) is 4.53. The lowest BCUT2D eigenvalue weighted by Crippen LogP contribution is -2.48. The molecule has 0 bridgehead atoms. The van der Waals surface area contributed by atoms with Crippen LogP contribution in [0.25, 0.3) is 6.08 Å². The van der Waals surface area contributed by atoms with Crippen LogP contribution in [0.4, 0.5) is 4.39 Å². The monoisotopic (exact) mass is 354 g/mol. The van der Waals surface area contributed by atoms with Crippen molar-refractivity contribution >= 4 is 12.0 Å². The molecule has 2 aromatic rings. The van der Waals surface area contributed by atoms with E-state index in [1.165, 1.54) is 24.8 Å². The van der Waals surface area contributed by atoms with Gasteiger partial charge in [0, 0.05) is 38.3 Å². The number of hydrogen-bond acceptors (Lipinski definition) is 3. The molecule has 136 valence electrons. The summed E-state index contributed by atoms with van der Waals surface area (Å²) in [4.78, 5) is 16.6. The van der Waals surface area contributed by atoms with Crippen molar-refractivity contribution in [2.75, 3.05) is 39.8 Å². The maximum atomic E-state index is 13.8. The van der Waals surface area contributed by atoms with Gasteiger partial charge in [0.05, 0.1) is 7.11 Å². The number of hydrogen-bond donors (Lipinski definition) is 0. The average molecular weight is 354 g/mol. The molecule has 1 saturated heterocycles. The van der Waals surface area contributed by atoms with E-state index in [2.05, 4.69) is 29.2 Å². The molecule has 5 heteroatoms. The van der Waals surface area contributed by atoms with Crippen LogP contribution < -0.4 is 4.74 Å². The van der Waals surface area contributed by atoms with Gasteiger partial charge in [0.1, 0.15) is 0 Å². The number of piperazine rings is 1. The molecule has 0 aromatic heterocycles. The molecule has 2 aromatic carbocycles. The summed E-state index contributed by atoms with van der Waals surface area (Å²) in [5, 5.41) is 0. The SMILES string of the molecule is COc1ccc(C(=O)N2CCN(C/C=C/c3ccccc3)CC2)cc1F. The van der Waals surface area contributed by atoms with Gasteiger partial charge in [-0.05, 0) is 23.8 Å². The van der Waals surface area contributed by atoms with Crippen LogP contribution in [-0.2, 0) is 0 Å². The van der Waals surface area contributed by atoms with Gasteiger partial charge in [0.15, 0.2) is 11.6 Å². The Hall–Kier alpha value is -2.66. The van der Waals surface area contributed by atoms with Gasteiger partial charge in [-0.3, -0.25) is 9.69 Å². The van der Waals surface area contributed by atoms with Crippen LogP contribution in [0.15, 0.2) is 54.6 Å². The normalized spacial score (nSPS) is 15.4. The smallest absolute Gasteiger partial charge is 0.254 e. The fourth-order valence-electron chi connectivity index (χ4n) is 3.02. The van der Waals surface area contributed by atoms with Gasteiger partial charge in [-0.15, -0.1) is 0 Å². The van der Waals surface area contributed by atoms with E-state index in [4.69, 9.17) is 4.74 Å². The Labute approximate surface area is 153 Å². The van der Waals surface area contributed by atoms with E-state index in [-0.39, 0.29) is 11.7 Å². The fraction of sp³-hybridized carbons (Fsp3) is 0.286. The first-order valence-electron chi connectivity index (χ1n) is 8.74. The summed E-state index contributed by atoms with van der Waals surface area (Å²) in [5.74, 6) is -0.495. The van der Waals surface area contributed by atoms with Crippen molar-refractivity contribution in [3.63, 3.8) is 0 Å². The van der Waals surface area contributed by atoms with E-state index < -0.39 is 5.82 Å². The Morgan fingerprint density at radius 2 is 1.85 bits per heavy atom. The van der Waals surface area contributed by atoms with Crippen LogP contribution in [0, 0.1) is 5.82 Å². The summed E-state index contributed by atoms with van der Waals surface area (Å²) < 4.78 is 18.7. The predicted octanol–water partition coefficient (Wildman–Crippen LogP) is 3.31. The zero-order valence-electron chi connectivity index (χ0n) is 14.9. The topological polar surface area (TPSA) is 32.8 Å². The van der Waals surface area contributed by atoms with Crippen molar-refractivity contribution in [3.05, 3.63) is 71.6 Å². The molecule has 1 heterocycles. The Morgan fingerprint density at radius 1 is 1.12 bits per heavy atom. The molecular formula is C21H23FN2O2. The summed E-state index contributed by atoms with van der Waals surface area (Å²) in [5.41, 5.74) is 1.54. The number of benzene rings is 2. The second-order valence-corrected chi connectivity index (χ2v) is 6.26. The summed E-state index contributed by atoms with van der Waals surface area (Å²) in [6, 6.07) is 14.5. The molecule has 0 atom stereocenters.